The third-order valence-corrected chi connectivity index (χ3v) is 4.33. The van der Waals surface area contributed by atoms with Crippen LogP contribution in [0.1, 0.15) is 39.7 Å². The number of halogens is 2. The molecule has 0 amide bonds. The summed E-state index contributed by atoms with van der Waals surface area (Å²) in [6, 6.07) is 5.73. The Labute approximate surface area is 127 Å². The average molecular weight is 302 g/mol. The average Bonchev–Trinajstić information content (AvgIpc) is 2.34. The molecule has 1 rings (SSSR count). The van der Waals surface area contributed by atoms with Gasteiger partial charge in [-0.3, -0.25) is 0 Å². The molecule has 108 valence electrons. The van der Waals surface area contributed by atoms with Crippen LogP contribution < -0.4 is 5.32 Å². The van der Waals surface area contributed by atoms with Crippen LogP contribution in [0.5, 0.6) is 0 Å². The smallest absolute Gasteiger partial charge is 0.0453 e. The quantitative estimate of drug-likeness (QED) is 0.730. The van der Waals surface area contributed by atoms with Crippen LogP contribution in [0.4, 0.5) is 0 Å². The van der Waals surface area contributed by atoms with Crippen LogP contribution in [0.25, 0.3) is 0 Å². The monoisotopic (exact) mass is 301 g/mol. The highest BCUT2D eigenvalue weighted by atomic mass is 35.5. The van der Waals surface area contributed by atoms with Crippen LogP contribution in [-0.4, -0.2) is 13.1 Å². The van der Waals surface area contributed by atoms with Crippen molar-refractivity contribution >= 4 is 23.2 Å². The zero-order valence-corrected chi connectivity index (χ0v) is 13.9. The molecule has 1 N–H and O–H groups in total. The van der Waals surface area contributed by atoms with Gasteiger partial charge in [0.1, 0.15) is 0 Å². The molecule has 0 saturated carbocycles. The summed E-state index contributed by atoms with van der Waals surface area (Å²) in [5.41, 5.74) is 1.25. The second-order valence-electron chi connectivity index (χ2n) is 6.07. The van der Waals surface area contributed by atoms with Gasteiger partial charge in [0.25, 0.3) is 0 Å². The van der Waals surface area contributed by atoms with Crippen LogP contribution in [0.2, 0.25) is 10.0 Å². The van der Waals surface area contributed by atoms with E-state index in [1.54, 1.807) is 0 Å². The lowest BCUT2D eigenvalue weighted by Gasteiger charge is -2.30. The summed E-state index contributed by atoms with van der Waals surface area (Å²) in [7, 11) is 0. The molecule has 0 aliphatic carbocycles. The van der Waals surface area contributed by atoms with Crippen molar-refractivity contribution in [3.05, 3.63) is 33.8 Å². The van der Waals surface area contributed by atoms with Crippen LogP contribution >= 0.6 is 23.2 Å². The number of hydrogen-bond donors (Lipinski definition) is 1. The molecule has 1 atom stereocenters. The Bertz CT molecular complexity index is 383. The number of nitrogens with one attached hydrogen (secondary N) is 1. The largest absolute Gasteiger partial charge is 0.316 e. The summed E-state index contributed by atoms with van der Waals surface area (Å²) in [6.07, 6.45) is 2.01. The van der Waals surface area contributed by atoms with Crippen molar-refractivity contribution in [2.24, 2.45) is 11.3 Å². The van der Waals surface area contributed by atoms with E-state index in [-0.39, 0.29) is 5.41 Å². The maximum atomic E-state index is 6.27. The summed E-state index contributed by atoms with van der Waals surface area (Å²) < 4.78 is 0. The van der Waals surface area contributed by atoms with E-state index < -0.39 is 0 Å². The first-order valence-corrected chi connectivity index (χ1v) is 7.77. The number of rotatable bonds is 7. The predicted octanol–water partition coefficient (Wildman–Crippen LogP) is 5.20. The molecular formula is C16H25Cl2N. The number of hydrogen-bond acceptors (Lipinski definition) is 1. The molecule has 1 nitrogen and oxygen atoms in total. The molecule has 3 heteroatoms. The third-order valence-electron chi connectivity index (χ3n) is 3.62. The van der Waals surface area contributed by atoms with Crippen molar-refractivity contribution in [3.8, 4) is 0 Å². The molecule has 1 unspecified atom stereocenters. The summed E-state index contributed by atoms with van der Waals surface area (Å²) >= 11 is 12.5. The minimum atomic E-state index is 0.184. The fourth-order valence-corrected chi connectivity index (χ4v) is 2.63. The Morgan fingerprint density at radius 3 is 2.26 bits per heavy atom. The Morgan fingerprint density at radius 1 is 1.21 bits per heavy atom. The summed E-state index contributed by atoms with van der Waals surface area (Å²) in [5, 5.41) is 5.10. The van der Waals surface area contributed by atoms with Crippen molar-refractivity contribution in [3.63, 3.8) is 0 Å². The molecule has 0 aliphatic rings. The van der Waals surface area contributed by atoms with E-state index in [4.69, 9.17) is 23.2 Å². The minimum absolute atomic E-state index is 0.184. The standard InChI is InChI=1S/C16H25Cl2N/c1-5-16(4,11-19-10-12(2)3)9-13-14(17)7-6-8-15(13)18/h6-8,12,19H,5,9-11H2,1-4H3. The molecule has 0 fully saturated rings. The van der Waals surface area contributed by atoms with Gasteiger partial charge >= 0.3 is 0 Å². The lowest BCUT2D eigenvalue weighted by Crippen LogP contribution is -2.35. The highest BCUT2D eigenvalue weighted by molar-refractivity contribution is 6.36. The van der Waals surface area contributed by atoms with Gasteiger partial charge in [-0.05, 0) is 48.4 Å². The van der Waals surface area contributed by atoms with E-state index >= 15 is 0 Å². The van der Waals surface area contributed by atoms with E-state index in [1.807, 2.05) is 18.2 Å². The normalized spacial score (nSPS) is 14.7. The fraction of sp³-hybridized carbons (Fsp3) is 0.625. The van der Waals surface area contributed by atoms with Crippen molar-refractivity contribution in [2.45, 2.75) is 40.5 Å². The maximum Gasteiger partial charge on any atom is 0.0453 e. The molecular weight excluding hydrogens is 277 g/mol. The van der Waals surface area contributed by atoms with E-state index in [2.05, 4.69) is 33.0 Å². The fourth-order valence-electron chi connectivity index (χ4n) is 2.10. The van der Waals surface area contributed by atoms with Gasteiger partial charge in [-0.25, -0.2) is 0 Å². The van der Waals surface area contributed by atoms with Gasteiger partial charge in [0.15, 0.2) is 0 Å². The summed E-state index contributed by atoms with van der Waals surface area (Å²) in [6.45, 7) is 11.0. The van der Waals surface area contributed by atoms with Crippen LogP contribution in [0.15, 0.2) is 18.2 Å². The molecule has 0 aromatic heterocycles. The Balaban J connectivity index is 2.74. The highest BCUT2D eigenvalue weighted by Gasteiger charge is 2.24. The van der Waals surface area contributed by atoms with Crippen molar-refractivity contribution in [2.75, 3.05) is 13.1 Å². The molecule has 19 heavy (non-hydrogen) atoms. The SMILES string of the molecule is CCC(C)(CNCC(C)C)Cc1c(Cl)cccc1Cl. The first kappa shape index (κ1) is 16.8. The van der Waals surface area contributed by atoms with Gasteiger partial charge in [-0.2, -0.15) is 0 Å². The zero-order valence-electron chi connectivity index (χ0n) is 12.4. The molecule has 0 heterocycles. The van der Waals surface area contributed by atoms with Crippen molar-refractivity contribution in [1.29, 1.82) is 0 Å². The maximum absolute atomic E-state index is 6.27. The lowest BCUT2D eigenvalue weighted by molar-refractivity contribution is 0.285. The van der Waals surface area contributed by atoms with E-state index in [0.717, 1.165) is 41.5 Å². The van der Waals surface area contributed by atoms with E-state index in [0.29, 0.717) is 5.92 Å². The minimum Gasteiger partial charge on any atom is -0.316 e. The topological polar surface area (TPSA) is 12.0 Å². The van der Waals surface area contributed by atoms with Gasteiger partial charge in [-0.1, -0.05) is 57.0 Å². The Hall–Kier alpha value is -0.240. The first-order chi connectivity index (χ1) is 8.88. The second-order valence-corrected chi connectivity index (χ2v) is 6.88. The predicted molar refractivity (Wildman–Crippen MR) is 86.3 cm³/mol. The molecule has 0 saturated heterocycles. The second kappa shape index (κ2) is 7.52. The molecule has 0 radical (unpaired) electrons. The van der Waals surface area contributed by atoms with Gasteiger partial charge in [0.05, 0.1) is 0 Å². The molecule has 0 aliphatic heterocycles. The molecule has 1 aromatic carbocycles. The van der Waals surface area contributed by atoms with E-state index in [1.165, 1.54) is 0 Å². The Morgan fingerprint density at radius 2 is 1.79 bits per heavy atom. The van der Waals surface area contributed by atoms with Crippen molar-refractivity contribution < 1.29 is 0 Å². The number of benzene rings is 1. The van der Waals surface area contributed by atoms with Crippen LogP contribution in [0.3, 0.4) is 0 Å². The van der Waals surface area contributed by atoms with Gasteiger partial charge in [-0.15, -0.1) is 0 Å². The highest BCUT2D eigenvalue weighted by Crippen LogP contribution is 2.33. The van der Waals surface area contributed by atoms with Crippen LogP contribution in [-0.2, 0) is 6.42 Å². The summed E-state index contributed by atoms with van der Waals surface area (Å²) in [4.78, 5) is 0. The van der Waals surface area contributed by atoms with Gasteiger partial charge in [0.2, 0.25) is 0 Å². The van der Waals surface area contributed by atoms with Gasteiger partial charge < -0.3 is 5.32 Å². The van der Waals surface area contributed by atoms with E-state index in [9.17, 15) is 0 Å². The lowest BCUT2D eigenvalue weighted by atomic mass is 9.81. The third kappa shape index (κ3) is 5.33. The molecule has 0 bridgehead atoms. The molecule has 0 spiro atoms. The molecule has 1 aromatic rings. The van der Waals surface area contributed by atoms with Crippen LogP contribution in [0, 0.1) is 11.3 Å². The van der Waals surface area contributed by atoms with Gasteiger partial charge in [0, 0.05) is 16.6 Å². The Kier molecular flexibility index (Phi) is 6.65. The summed E-state index contributed by atoms with van der Waals surface area (Å²) in [5.74, 6) is 0.671. The zero-order chi connectivity index (χ0) is 14.5. The first-order valence-electron chi connectivity index (χ1n) is 7.01. The van der Waals surface area contributed by atoms with Crippen molar-refractivity contribution in [1.82, 2.24) is 5.32 Å².